The number of rotatable bonds is 9. The van der Waals surface area contributed by atoms with Crippen LogP contribution in [-0.2, 0) is 20.9 Å². The van der Waals surface area contributed by atoms with Crippen LogP contribution in [0.4, 0.5) is 19.0 Å². The van der Waals surface area contributed by atoms with Crippen LogP contribution >= 0.6 is 0 Å². The van der Waals surface area contributed by atoms with Crippen molar-refractivity contribution in [1.82, 2.24) is 34.9 Å². The predicted octanol–water partition coefficient (Wildman–Crippen LogP) is 6.16. The molecule has 1 unspecified atom stereocenters. The van der Waals surface area contributed by atoms with Crippen LogP contribution < -0.4 is 10.2 Å². The van der Waals surface area contributed by atoms with Gasteiger partial charge < -0.3 is 19.7 Å². The topological polar surface area (TPSA) is 137 Å². The highest BCUT2D eigenvalue weighted by molar-refractivity contribution is 6.04. The van der Waals surface area contributed by atoms with Crippen molar-refractivity contribution in [1.29, 1.82) is 0 Å². The Morgan fingerprint density at radius 3 is 2.48 bits per heavy atom. The zero-order valence-electron chi connectivity index (χ0n) is 32.2. The van der Waals surface area contributed by atoms with E-state index >= 15 is 13.2 Å². The molecule has 3 aliphatic heterocycles. The van der Waals surface area contributed by atoms with Crippen molar-refractivity contribution in [3.8, 4) is 11.1 Å². The lowest BCUT2D eigenvalue weighted by atomic mass is 9.85. The van der Waals surface area contributed by atoms with Crippen molar-refractivity contribution in [2.45, 2.75) is 56.9 Å². The number of nitrogens with one attached hydrogen (secondary N) is 2. The van der Waals surface area contributed by atoms with Crippen molar-refractivity contribution >= 4 is 45.9 Å². The van der Waals surface area contributed by atoms with E-state index in [4.69, 9.17) is 0 Å². The number of pyridine rings is 1. The van der Waals surface area contributed by atoms with Crippen LogP contribution in [-0.4, -0.2) is 93.5 Å². The number of aryl methyl sites for hydroxylation is 1. The number of piperidine rings is 2. The summed E-state index contributed by atoms with van der Waals surface area (Å²) >= 11 is 0. The number of amides is 4. The van der Waals surface area contributed by atoms with Gasteiger partial charge in [-0.2, -0.15) is 5.10 Å². The van der Waals surface area contributed by atoms with E-state index in [0.29, 0.717) is 85.1 Å². The molecule has 2 aromatic carbocycles. The molecule has 4 amide bonds. The summed E-state index contributed by atoms with van der Waals surface area (Å²) in [6, 6.07) is 11.2. The minimum atomic E-state index is -0.583. The Hall–Kier alpha value is -6.25. The number of hydrogen-bond acceptors (Lipinski definition) is 7. The number of benzene rings is 2. The third kappa shape index (κ3) is 7.60. The minimum absolute atomic E-state index is 0.0831. The third-order valence-corrected chi connectivity index (χ3v) is 11.5. The van der Waals surface area contributed by atoms with Gasteiger partial charge in [0.2, 0.25) is 17.7 Å². The molecule has 2 N–H and O–H groups in total. The second kappa shape index (κ2) is 15.9. The first-order chi connectivity index (χ1) is 27.9. The van der Waals surface area contributed by atoms with E-state index in [1.54, 1.807) is 66.4 Å². The number of aromatic amines is 1. The number of carbonyl (C=O) groups excluding carboxylic acids is 4. The second-order valence-corrected chi connectivity index (χ2v) is 15.4. The first-order valence-electron chi connectivity index (χ1n) is 19.5. The first-order valence-corrected chi connectivity index (χ1v) is 19.5. The maximum Gasteiger partial charge on any atom is 0.269 e. The Bertz CT molecular complexity index is 2450. The summed E-state index contributed by atoms with van der Waals surface area (Å²) in [5.41, 5.74) is 3.01. The van der Waals surface area contributed by atoms with Crippen molar-refractivity contribution < 1.29 is 32.3 Å². The molecule has 12 nitrogen and oxygen atoms in total. The van der Waals surface area contributed by atoms with Gasteiger partial charge in [-0.15, -0.1) is 0 Å². The first kappa shape index (κ1) is 38.6. The Morgan fingerprint density at radius 1 is 0.966 bits per heavy atom. The van der Waals surface area contributed by atoms with Gasteiger partial charge in [0.15, 0.2) is 17.5 Å². The summed E-state index contributed by atoms with van der Waals surface area (Å²) in [5, 5.41) is 6.87. The van der Waals surface area contributed by atoms with E-state index in [1.165, 1.54) is 23.2 Å². The summed E-state index contributed by atoms with van der Waals surface area (Å²) in [6.07, 6.45) is 9.27. The Kier molecular flexibility index (Phi) is 10.6. The number of hydrogen-bond donors (Lipinski definition) is 2. The average molecular weight is 793 g/mol. The quantitative estimate of drug-likeness (QED) is 0.171. The maximum atomic E-state index is 16.5. The minimum Gasteiger partial charge on any atom is -0.354 e. The molecule has 300 valence electrons. The SMILES string of the molecule is CN(C)C(=O)c1cc2c(-c3cnc(N4CCC(c5ccc(C6CCC(=O)NC6=O)cc5F)CC4)c(F)c3)cc(C3=CCCN(C(=O)CCn4cccn4)C3)c(F)c2[nH]1. The van der Waals surface area contributed by atoms with Crippen molar-refractivity contribution in [2.75, 3.05) is 45.2 Å². The van der Waals surface area contributed by atoms with Crippen LogP contribution in [0, 0.1) is 17.5 Å². The molecule has 0 bridgehead atoms. The molecular formula is C43H43F3N8O4. The fraction of sp³-hybridized carbons (Fsp3) is 0.349. The zero-order valence-corrected chi connectivity index (χ0v) is 32.2. The summed E-state index contributed by atoms with van der Waals surface area (Å²) in [7, 11) is 3.19. The number of halogens is 3. The van der Waals surface area contributed by atoms with Gasteiger partial charge in [0, 0.05) is 94.8 Å². The van der Waals surface area contributed by atoms with E-state index in [1.807, 2.05) is 11.0 Å². The molecule has 0 spiro atoms. The fourth-order valence-electron chi connectivity index (χ4n) is 8.36. The lowest BCUT2D eigenvalue weighted by Gasteiger charge is -2.33. The predicted molar refractivity (Wildman–Crippen MR) is 211 cm³/mol. The number of carbonyl (C=O) groups is 4. The second-order valence-electron chi connectivity index (χ2n) is 15.4. The van der Waals surface area contributed by atoms with Crippen molar-refractivity contribution in [3.63, 3.8) is 0 Å². The van der Waals surface area contributed by atoms with Crippen LogP contribution in [0.2, 0.25) is 0 Å². The van der Waals surface area contributed by atoms with E-state index in [9.17, 15) is 19.2 Å². The molecule has 0 aliphatic carbocycles. The van der Waals surface area contributed by atoms with E-state index in [0.717, 1.165) is 0 Å². The highest BCUT2D eigenvalue weighted by Gasteiger charge is 2.31. The molecule has 6 heterocycles. The monoisotopic (exact) mass is 792 g/mol. The van der Waals surface area contributed by atoms with E-state index in [2.05, 4.69) is 20.4 Å². The van der Waals surface area contributed by atoms with E-state index in [-0.39, 0.29) is 65.6 Å². The molecule has 8 rings (SSSR count). The van der Waals surface area contributed by atoms with Crippen LogP contribution in [0.1, 0.15) is 77.5 Å². The molecule has 2 fully saturated rings. The van der Waals surface area contributed by atoms with E-state index < -0.39 is 29.3 Å². The summed E-state index contributed by atoms with van der Waals surface area (Å²) in [5.74, 6) is -3.31. The fourth-order valence-corrected chi connectivity index (χ4v) is 8.36. The van der Waals surface area contributed by atoms with Gasteiger partial charge >= 0.3 is 0 Å². The molecule has 58 heavy (non-hydrogen) atoms. The lowest BCUT2D eigenvalue weighted by molar-refractivity contribution is -0.134. The largest absolute Gasteiger partial charge is 0.354 e. The number of aromatic nitrogens is 4. The molecule has 15 heteroatoms. The Morgan fingerprint density at radius 2 is 1.78 bits per heavy atom. The summed E-state index contributed by atoms with van der Waals surface area (Å²) < 4.78 is 49.8. The molecular weight excluding hydrogens is 750 g/mol. The van der Waals surface area contributed by atoms with Crippen molar-refractivity contribution in [3.05, 3.63) is 107 Å². The highest BCUT2D eigenvalue weighted by atomic mass is 19.1. The van der Waals surface area contributed by atoms with Crippen LogP contribution in [0.5, 0.6) is 0 Å². The number of imide groups is 1. The maximum absolute atomic E-state index is 16.5. The zero-order chi connectivity index (χ0) is 40.7. The number of fused-ring (bicyclic) bond motifs is 1. The lowest BCUT2D eigenvalue weighted by Crippen LogP contribution is -2.39. The highest BCUT2D eigenvalue weighted by Crippen LogP contribution is 2.39. The standard InChI is InChI=1S/C43H43F3N8O4/c1-51(2)43(58)36-22-33-31(21-32(39(46)40(33)49-36)27-5-3-14-53(24-27)38(56)12-18-54-15-4-13-48-54)28-20-35(45)41(47-23-28)52-16-10-25(11-17-52)29-7-6-26(19-34(29)44)30-8-9-37(55)50-42(30)57/h4-7,13,15,19-23,25,30,49H,3,8-12,14,16-18,24H2,1-2H3,(H,50,55,57). The Labute approximate surface area is 332 Å². The molecule has 0 radical (unpaired) electrons. The van der Waals surface area contributed by atoms with Gasteiger partial charge in [-0.25, -0.2) is 18.2 Å². The Balaban J connectivity index is 1.03. The summed E-state index contributed by atoms with van der Waals surface area (Å²) in [4.78, 5) is 62.5. The summed E-state index contributed by atoms with van der Waals surface area (Å²) in [6.45, 7) is 1.93. The normalized spacial score (nSPS) is 17.7. The third-order valence-electron chi connectivity index (χ3n) is 11.5. The van der Waals surface area contributed by atoms with Gasteiger partial charge in [-0.3, -0.25) is 29.2 Å². The number of anilines is 1. The van der Waals surface area contributed by atoms with Gasteiger partial charge in [0.25, 0.3) is 5.91 Å². The molecule has 0 saturated carbocycles. The van der Waals surface area contributed by atoms with Gasteiger partial charge in [-0.05, 0) is 84.2 Å². The molecule has 2 saturated heterocycles. The number of H-pyrrole nitrogens is 1. The molecule has 5 aromatic rings. The van der Waals surface area contributed by atoms with Crippen LogP contribution in [0.15, 0.2) is 67.1 Å². The molecule has 3 aromatic heterocycles. The van der Waals surface area contributed by atoms with Gasteiger partial charge in [-0.1, -0.05) is 18.2 Å². The van der Waals surface area contributed by atoms with Gasteiger partial charge in [0.1, 0.15) is 11.5 Å². The number of nitrogens with zero attached hydrogens (tertiary/aromatic N) is 6. The average Bonchev–Trinajstić information content (AvgIpc) is 3.91. The van der Waals surface area contributed by atoms with Crippen LogP contribution in [0.3, 0.4) is 0 Å². The smallest absolute Gasteiger partial charge is 0.269 e. The molecule has 1 atom stereocenters. The van der Waals surface area contributed by atoms with Crippen LogP contribution in [0.25, 0.3) is 27.6 Å². The van der Waals surface area contributed by atoms with Gasteiger partial charge in [0.05, 0.1) is 11.4 Å². The molecule has 3 aliphatic rings. The van der Waals surface area contributed by atoms with Crippen molar-refractivity contribution in [2.24, 2.45) is 0 Å².